The molecule has 1 unspecified atom stereocenters. The van der Waals surface area contributed by atoms with Gasteiger partial charge in [-0.3, -0.25) is 4.99 Å². The molecule has 1 N–H and O–H groups in total. The fourth-order valence-electron chi connectivity index (χ4n) is 1.80. The first-order valence-corrected chi connectivity index (χ1v) is 7.64. The van der Waals surface area contributed by atoms with Gasteiger partial charge in [0.15, 0.2) is 5.17 Å². The predicted octanol–water partition coefficient (Wildman–Crippen LogP) is 2.58. The standard InChI is InChI=1S/C13H27N3S/c1-5-13(2)8-11-17-12(15-13)14-9-6-7-10-16(3)4/h5-11H2,1-4H3,(H,14,15). The van der Waals surface area contributed by atoms with Gasteiger partial charge < -0.3 is 10.2 Å². The van der Waals surface area contributed by atoms with Gasteiger partial charge in [-0.1, -0.05) is 18.7 Å². The number of amidine groups is 1. The Balaban J connectivity index is 2.25. The Bertz CT molecular complexity index is 253. The summed E-state index contributed by atoms with van der Waals surface area (Å²) >= 11 is 1.87. The van der Waals surface area contributed by atoms with Crippen LogP contribution in [0, 0.1) is 0 Å². The van der Waals surface area contributed by atoms with Gasteiger partial charge in [-0.2, -0.15) is 0 Å². The molecule has 17 heavy (non-hydrogen) atoms. The molecule has 100 valence electrons. The molecule has 1 rings (SSSR count). The fraction of sp³-hybridized carbons (Fsp3) is 0.923. The highest BCUT2D eigenvalue weighted by Crippen LogP contribution is 2.24. The lowest BCUT2D eigenvalue weighted by molar-refractivity contribution is 0.388. The molecular weight excluding hydrogens is 230 g/mol. The van der Waals surface area contributed by atoms with E-state index < -0.39 is 0 Å². The zero-order chi connectivity index (χ0) is 12.7. The van der Waals surface area contributed by atoms with E-state index in [1.165, 1.54) is 31.4 Å². The summed E-state index contributed by atoms with van der Waals surface area (Å²) < 4.78 is 0. The number of thioether (sulfide) groups is 1. The average molecular weight is 257 g/mol. The minimum Gasteiger partial charge on any atom is -0.360 e. The molecule has 1 atom stereocenters. The zero-order valence-corrected chi connectivity index (χ0v) is 12.6. The number of hydrogen-bond donors (Lipinski definition) is 1. The number of hydrogen-bond acceptors (Lipinski definition) is 3. The van der Waals surface area contributed by atoms with Crippen LogP contribution in [-0.2, 0) is 0 Å². The largest absolute Gasteiger partial charge is 0.360 e. The van der Waals surface area contributed by atoms with E-state index in [-0.39, 0.29) is 5.54 Å². The van der Waals surface area contributed by atoms with Gasteiger partial charge >= 0.3 is 0 Å². The Hall–Kier alpha value is -0.220. The summed E-state index contributed by atoms with van der Waals surface area (Å²) in [5.74, 6) is 1.20. The molecule has 0 saturated carbocycles. The zero-order valence-electron chi connectivity index (χ0n) is 11.8. The molecule has 0 aromatic carbocycles. The van der Waals surface area contributed by atoms with Crippen molar-refractivity contribution >= 4 is 16.9 Å². The molecule has 0 aliphatic carbocycles. The van der Waals surface area contributed by atoms with Crippen molar-refractivity contribution in [1.82, 2.24) is 10.2 Å². The molecule has 1 heterocycles. The third-order valence-corrected chi connectivity index (χ3v) is 4.26. The van der Waals surface area contributed by atoms with Crippen LogP contribution in [0.25, 0.3) is 0 Å². The second kappa shape index (κ2) is 7.27. The van der Waals surface area contributed by atoms with Gasteiger partial charge in [-0.05, 0) is 53.2 Å². The Morgan fingerprint density at radius 1 is 1.41 bits per heavy atom. The van der Waals surface area contributed by atoms with Crippen LogP contribution in [0.15, 0.2) is 4.99 Å². The van der Waals surface area contributed by atoms with E-state index in [0.29, 0.717) is 0 Å². The maximum absolute atomic E-state index is 4.67. The lowest BCUT2D eigenvalue weighted by Gasteiger charge is -2.35. The smallest absolute Gasteiger partial charge is 0.156 e. The van der Waals surface area contributed by atoms with Gasteiger partial charge in [0.25, 0.3) is 0 Å². The number of rotatable bonds is 6. The Morgan fingerprint density at radius 3 is 2.82 bits per heavy atom. The number of nitrogens with zero attached hydrogens (tertiary/aromatic N) is 2. The third-order valence-electron chi connectivity index (χ3n) is 3.35. The lowest BCUT2D eigenvalue weighted by Crippen LogP contribution is -2.48. The van der Waals surface area contributed by atoms with E-state index in [0.717, 1.165) is 18.3 Å². The summed E-state index contributed by atoms with van der Waals surface area (Å²) in [6, 6.07) is 0. The molecule has 4 heteroatoms. The van der Waals surface area contributed by atoms with Gasteiger partial charge in [0.1, 0.15) is 0 Å². The monoisotopic (exact) mass is 257 g/mol. The summed E-state index contributed by atoms with van der Waals surface area (Å²) in [5.41, 5.74) is 0.272. The van der Waals surface area contributed by atoms with Crippen LogP contribution < -0.4 is 5.32 Å². The van der Waals surface area contributed by atoms with Gasteiger partial charge in [-0.25, -0.2) is 0 Å². The highest BCUT2D eigenvalue weighted by Gasteiger charge is 2.27. The highest BCUT2D eigenvalue weighted by atomic mass is 32.2. The molecule has 0 amide bonds. The van der Waals surface area contributed by atoms with E-state index in [4.69, 9.17) is 0 Å². The average Bonchev–Trinajstić information content (AvgIpc) is 2.28. The van der Waals surface area contributed by atoms with Gasteiger partial charge in [0, 0.05) is 17.8 Å². The molecule has 0 aromatic heterocycles. The van der Waals surface area contributed by atoms with Crippen LogP contribution in [-0.4, -0.2) is 48.5 Å². The molecule has 1 aliphatic heterocycles. The number of unbranched alkanes of at least 4 members (excludes halogenated alkanes) is 1. The molecule has 0 radical (unpaired) electrons. The summed E-state index contributed by atoms with van der Waals surface area (Å²) in [4.78, 5) is 6.90. The Morgan fingerprint density at radius 2 is 2.18 bits per heavy atom. The van der Waals surface area contributed by atoms with Gasteiger partial charge in [0.05, 0.1) is 0 Å². The van der Waals surface area contributed by atoms with E-state index in [1.807, 2.05) is 11.8 Å². The van der Waals surface area contributed by atoms with Crippen molar-refractivity contribution in [1.29, 1.82) is 0 Å². The highest BCUT2D eigenvalue weighted by molar-refractivity contribution is 8.13. The van der Waals surface area contributed by atoms with Crippen molar-refractivity contribution < 1.29 is 0 Å². The molecule has 1 aliphatic rings. The molecule has 1 fully saturated rings. The second-order valence-corrected chi connectivity index (χ2v) is 6.42. The Kier molecular flexibility index (Phi) is 6.34. The number of nitrogens with one attached hydrogen (secondary N) is 1. The summed E-state index contributed by atoms with van der Waals surface area (Å²) in [5, 5.41) is 4.74. The van der Waals surface area contributed by atoms with Crippen LogP contribution in [0.3, 0.4) is 0 Å². The molecule has 0 aromatic rings. The Labute approximate surface area is 110 Å². The van der Waals surface area contributed by atoms with E-state index in [1.54, 1.807) is 0 Å². The molecular formula is C13H27N3S. The quantitative estimate of drug-likeness (QED) is 0.741. The van der Waals surface area contributed by atoms with Crippen LogP contribution in [0.2, 0.25) is 0 Å². The maximum Gasteiger partial charge on any atom is 0.156 e. The van der Waals surface area contributed by atoms with Crippen LogP contribution in [0.4, 0.5) is 0 Å². The summed E-state index contributed by atoms with van der Waals surface area (Å²) in [7, 11) is 4.24. The maximum atomic E-state index is 4.67. The topological polar surface area (TPSA) is 27.6 Å². The van der Waals surface area contributed by atoms with Crippen LogP contribution in [0.5, 0.6) is 0 Å². The van der Waals surface area contributed by atoms with Crippen molar-refractivity contribution in [2.75, 3.05) is 32.9 Å². The molecule has 1 saturated heterocycles. The third kappa shape index (κ3) is 5.77. The second-order valence-electron chi connectivity index (χ2n) is 5.33. The molecule has 3 nitrogen and oxygen atoms in total. The first-order valence-electron chi connectivity index (χ1n) is 6.66. The van der Waals surface area contributed by atoms with E-state index in [2.05, 4.69) is 43.2 Å². The minimum absolute atomic E-state index is 0.272. The van der Waals surface area contributed by atoms with Crippen molar-refractivity contribution in [3.05, 3.63) is 0 Å². The van der Waals surface area contributed by atoms with Crippen molar-refractivity contribution in [2.45, 2.75) is 45.1 Å². The van der Waals surface area contributed by atoms with E-state index in [9.17, 15) is 0 Å². The van der Waals surface area contributed by atoms with Gasteiger partial charge in [-0.15, -0.1) is 0 Å². The first kappa shape index (κ1) is 14.8. The van der Waals surface area contributed by atoms with Crippen molar-refractivity contribution in [2.24, 2.45) is 4.99 Å². The van der Waals surface area contributed by atoms with Gasteiger partial charge in [0.2, 0.25) is 0 Å². The number of aliphatic imine (C=N–C) groups is 1. The molecule has 0 bridgehead atoms. The lowest BCUT2D eigenvalue weighted by atomic mass is 9.96. The SMILES string of the molecule is CCC1(C)CCSC(=NCCCCN(C)C)N1. The normalized spacial score (nSPS) is 27.5. The fourth-order valence-corrected chi connectivity index (χ4v) is 3.05. The summed E-state index contributed by atoms with van der Waals surface area (Å²) in [6.07, 6.45) is 4.84. The van der Waals surface area contributed by atoms with Crippen molar-refractivity contribution in [3.63, 3.8) is 0 Å². The first-order chi connectivity index (χ1) is 8.06. The molecule has 0 spiro atoms. The van der Waals surface area contributed by atoms with Crippen molar-refractivity contribution in [3.8, 4) is 0 Å². The predicted molar refractivity (Wildman–Crippen MR) is 79.0 cm³/mol. The van der Waals surface area contributed by atoms with Crippen LogP contribution >= 0.6 is 11.8 Å². The van der Waals surface area contributed by atoms with E-state index >= 15 is 0 Å². The van der Waals surface area contributed by atoms with Crippen LogP contribution in [0.1, 0.15) is 39.5 Å². The summed E-state index contributed by atoms with van der Waals surface area (Å²) in [6.45, 7) is 6.67. The minimum atomic E-state index is 0.272.